The van der Waals surface area contributed by atoms with E-state index < -0.39 is 0 Å². The first kappa shape index (κ1) is 33.3. The van der Waals surface area contributed by atoms with E-state index in [1.54, 1.807) is 0 Å². The van der Waals surface area contributed by atoms with Gasteiger partial charge in [0, 0.05) is 50.1 Å². The predicted octanol–water partition coefficient (Wildman–Crippen LogP) is 15.8. The molecule has 3 heteroatoms. The van der Waals surface area contributed by atoms with Gasteiger partial charge in [0.1, 0.15) is 11.2 Å². The van der Waals surface area contributed by atoms with Gasteiger partial charge in [0.05, 0.1) is 16.7 Å². The maximum atomic E-state index is 6.34. The molecule has 0 aliphatic heterocycles. The van der Waals surface area contributed by atoms with Crippen LogP contribution >= 0.6 is 0 Å². The van der Waals surface area contributed by atoms with Crippen LogP contribution in [0.5, 0.6) is 0 Å². The van der Waals surface area contributed by atoms with Gasteiger partial charge in [-0.25, -0.2) is 0 Å². The molecule has 0 spiro atoms. The van der Waals surface area contributed by atoms with E-state index in [1.165, 1.54) is 54.5 Å². The summed E-state index contributed by atoms with van der Waals surface area (Å²) in [6, 6.07) is 78.9. The van der Waals surface area contributed by atoms with Crippen molar-refractivity contribution in [2.45, 2.75) is 0 Å². The number of para-hydroxylation sites is 2. The lowest BCUT2D eigenvalue weighted by Crippen LogP contribution is -2.10. The number of anilines is 3. The number of hydrogen-bond acceptors (Lipinski definition) is 2. The van der Waals surface area contributed by atoms with E-state index in [0.29, 0.717) is 0 Å². The quantitative estimate of drug-likeness (QED) is 0.169. The standard InChI is InChI=1S/C56H36N2O/c1-2-15-39-33-43(29-27-37(39)13-1)57(52-25-12-16-38-14-3-4-21-47(38)52)42-18-11-17-40(34-42)45-19-5-6-20-46(45)41-28-32-54-51(35-41)48-22-7-9-24-53(48)58(54)44-30-31-50-49-23-8-10-26-55(49)59-56(50)36-44/h1-36H. The molecule has 0 atom stereocenters. The number of aromatic nitrogens is 1. The highest BCUT2D eigenvalue weighted by atomic mass is 16.3. The van der Waals surface area contributed by atoms with Crippen LogP contribution in [0.1, 0.15) is 0 Å². The summed E-state index contributed by atoms with van der Waals surface area (Å²) in [5.41, 5.74) is 13.3. The topological polar surface area (TPSA) is 21.3 Å². The number of fused-ring (bicyclic) bond motifs is 8. The van der Waals surface area contributed by atoms with Crippen molar-refractivity contribution in [3.05, 3.63) is 218 Å². The fourth-order valence-corrected chi connectivity index (χ4v) is 9.22. The van der Waals surface area contributed by atoms with Crippen molar-refractivity contribution in [2.75, 3.05) is 4.90 Å². The van der Waals surface area contributed by atoms with Crippen LogP contribution in [0.15, 0.2) is 223 Å². The highest BCUT2D eigenvalue weighted by molar-refractivity contribution is 6.12. The highest BCUT2D eigenvalue weighted by Crippen LogP contribution is 2.43. The van der Waals surface area contributed by atoms with Crippen LogP contribution in [0.3, 0.4) is 0 Å². The number of nitrogens with zero attached hydrogens (tertiary/aromatic N) is 2. The summed E-state index contributed by atoms with van der Waals surface area (Å²) in [7, 11) is 0. The molecule has 0 unspecified atom stereocenters. The smallest absolute Gasteiger partial charge is 0.137 e. The van der Waals surface area contributed by atoms with Crippen LogP contribution in [-0.2, 0) is 0 Å². The Balaban J connectivity index is 0.999. The van der Waals surface area contributed by atoms with E-state index in [2.05, 4.69) is 216 Å². The first-order valence-electron chi connectivity index (χ1n) is 20.2. The zero-order chi connectivity index (χ0) is 38.9. The Kier molecular flexibility index (Phi) is 7.54. The van der Waals surface area contributed by atoms with Crippen molar-refractivity contribution in [2.24, 2.45) is 0 Å². The van der Waals surface area contributed by atoms with Crippen molar-refractivity contribution in [1.82, 2.24) is 4.57 Å². The minimum Gasteiger partial charge on any atom is -0.456 e. The van der Waals surface area contributed by atoms with Crippen LogP contribution in [0.25, 0.3) is 93.2 Å². The van der Waals surface area contributed by atoms with Gasteiger partial charge in [-0.2, -0.15) is 0 Å². The van der Waals surface area contributed by atoms with Crippen molar-refractivity contribution >= 4 is 82.4 Å². The van der Waals surface area contributed by atoms with Gasteiger partial charge < -0.3 is 13.9 Å². The van der Waals surface area contributed by atoms with Crippen molar-refractivity contribution in [3.8, 4) is 27.9 Å². The molecule has 276 valence electrons. The number of rotatable bonds is 6. The van der Waals surface area contributed by atoms with Gasteiger partial charge in [-0.1, -0.05) is 146 Å². The molecule has 0 saturated carbocycles. The summed E-state index contributed by atoms with van der Waals surface area (Å²) in [6.45, 7) is 0. The lowest BCUT2D eigenvalue weighted by Gasteiger charge is -2.28. The molecule has 12 rings (SSSR count). The normalized spacial score (nSPS) is 11.7. The van der Waals surface area contributed by atoms with Gasteiger partial charge in [0.15, 0.2) is 0 Å². The van der Waals surface area contributed by atoms with Crippen LogP contribution < -0.4 is 4.90 Å². The molecule has 0 radical (unpaired) electrons. The maximum Gasteiger partial charge on any atom is 0.137 e. The van der Waals surface area contributed by atoms with Crippen molar-refractivity contribution in [3.63, 3.8) is 0 Å². The van der Waals surface area contributed by atoms with Crippen LogP contribution in [0.4, 0.5) is 17.1 Å². The summed E-state index contributed by atoms with van der Waals surface area (Å²) < 4.78 is 8.71. The lowest BCUT2D eigenvalue weighted by molar-refractivity contribution is 0.668. The SMILES string of the molecule is c1cc(-c2ccccc2-c2ccc3c(c2)c2ccccc2n3-c2ccc3c(c2)oc2ccccc23)cc(N(c2ccc3ccccc3c2)c2cccc3ccccc23)c1. The molecular formula is C56H36N2O. The van der Waals surface area contributed by atoms with Gasteiger partial charge in [-0.3, -0.25) is 0 Å². The zero-order valence-corrected chi connectivity index (χ0v) is 32.1. The van der Waals surface area contributed by atoms with E-state index in [1.807, 2.05) is 12.1 Å². The van der Waals surface area contributed by atoms with Crippen molar-refractivity contribution < 1.29 is 4.42 Å². The van der Waals surface area contributed by atoms with Crippen molar-refractivity contribution in [1.29, 1.82) is 0 Å². The fourth-order valence-electron chi connectivity index (χ4n) is 9.22. The largest absolute Gasteiger partial charge is 0.456 e. The summed E-state index contributed by atoms with van der Waals surface area (Å²) >= 11 is 0. The van der Waals surface area contributed by atoms with Gasteiger partial charge in [-0.15, -0.1) is 0 Å². The zero-order valence-electron chi connectivity index (χ0n) is 32.1. The minimum atomic E-state index is 0.891. The number of hydrogen-bond donors (Lipinski definition) is 0. The lowest BCUT2D eigenvalue weighted by atomic mass is 9.93. The Morgan fingerprint density at radius 3 is 1.86 bits per heavy atom. The molecule has 2 heterocycles. The second-order valence-corrected chi connectivity index (χ2v) is 15.3. The Bertz CT molecular complexity index is 3580. The summed E-state index contributed by atoms with van der Waals surface area (Å²) in [6.07, 6.45) is 0. The Hall–Kier alpha value is -7.88. The first-order valence-corrected chi connectivity index (χ1v) is 20.2. The number of benzene rings is 10. The second kappa shape index (κ2) is 13.4. The Morgan fingerprint density at radius 1 is 0.339 bits per heavy atom. The fraction of sp³-hybridized carbons (Fsp3) is 0. The third-order valence-electron chi connectivity index (χ3n) is 11.9. The van der Waals surface area contributed by atoms with Gasteiger partial charge in [0.25, 0.3) is 0 Å². The molecule has 10 aromatic carbocycles. The first-order chi connectivity index (χ1) is 29.2. The van der Waals surface area contributed by atoms with E-state index in [4.69, 9.17) is 4.42 Å². The highest BCUT2D eigenvalue weighted by Gasteiger charge is 2.19. The third kappa shape index (κ3) is 5.44. The van der Waals surface area contributed by atoms with E-state index >= 15 is 0 Å². The maximum absolute atomic E-state index is 6.34. The minimum absolute atomic E-state index is 0.891. The van der Waals surface area contributed by atoms with Gasteiger partial charge in [0.2, 0.25) is 0 Å². The number of furan rings is 1. The monoisotopic (exact) mass is 752 g/mol. The molecule has 3 nitrogen and oxygen atoms in total. The summed E-state index contributed by atoms with van der Waals surface area (Å²) in [5, 5.41) is 9.56. The second-order valence-electron chi connectivity index (χ2n) is 15.3. The molecule has 0 N–H and O–H groups in total. The molecule has 0 amide bonds. The van der Waals surface area contributed by atoms with Crippen LogP contribution in [0, 0.1) is 0 Å². The summed E-state index contributed by atoms with van der Waals surface area (Å²) in [4.78, 5) is 2.41. The molecule has 0 fully saturated rings. The Labute approximate surface area is 341 Å². The average molecular weight is 753 g/mol. The van der Waals surface area contributed by atoms with Crippen LogP contribution in [-0.4, -0.2) is 4.57 Å². The molecule has 12 aromatic rings. The van der Waals surface area contributed by atoms with Gasteiger partial charge >= 0.3 is 0 Å². The molecule has 59 heavy (non-hydrogen) atoms. The van der Waals surface area contributed by atoms with Gasteiger partial charge in [-0.05, 0) is 105 Å². The Morgan fingerprint density at radius 2 is 0.983 bits per heavy atom. The molecule has 0 aliphatic rings. The molecule has 0 aliphatic carbocycles. The third-order valence-corrected chi connectivity index (χ3v) is 11.9. The van der Waals surface area contributed by atoms with E-state index in [9.17, 15) is 0 Å². The predicted molar refractivity (Wildman–Crippen MR) is 249 cm³/mol. The molecule has 0 bridgehead atoms. The summed E-state index contributed by atoms with van der Waals surface area (Å²) in [5.74, 6) is 0. The molecule has 2 aromatic heterocycles. The average Bonchev–Trinajstić information content (AvgIpc) is 3.84. The van der Waals surface area contributed by atoms with E-state index in [0.717, 1.165) is 55.8 Å². The van der Waals surface area contributed by atoms with E-state index in [-0.39, 0.29) is 0 Å². The molecule has 0 saturated heterocycles. The van der Waals surface area contributed by atoms with Crippen LogP contribution in [0.2, 0.25) is 0 Å². The molecular weight excluding hydrogens is 717 g/mol.